The van der Waals surface area contributed by atoms with Gasteiger partial charge in [-0.2, -0.15) is 34.8 Å². The Morgan fingerprint density at radius 3 is 1.91 bits per heavy atom. The van der Waals surface area contributed by atoms with Gasteiger partial charge in [0.1, 0.15) is 35.0 Å². The lowest BCUT2D eigenvalue weighted by Crippen LogP contribution is -2.63. The average molecular weight is 488 g/mol. The van der Waals surface area contributed by atoms with Crippen LogP contribution in [0.5, 0.6) is 5.75 Å². The second kappa shape index (κ2) is 9.77. The Balaban J connectivity index is 3.03. The molecule has 1 rings (SSSR count). The average Bonchev–Trinajstić information content (AvgIpc) is 2.58. The molecule has 1 aromatic carbocycles. The van der Waals surface area contributed by atoms with Crippen molar-refractivity contribution < 1.29 is 58.4 Å². The summed E-state index contributed by atoms with van der Waals surface area (Å²) in [5.41, 5.74) is -3.51. The normalized spacial score (nSPS) is 13.0. The van der Waals surface area contributed by atoms with Gasteiger partial charge in [-0.1, -0.05) is 23.9 Å². The second-order valence-electron chi connectivity index (χ2n) is 6.92. The highest BCUT2D eigenvalue weighted by Crippen LogP contribution is 2.47. The van der Waals surface area contributed by atoms with Gasteiger partial charge in [-0.3, -0.25) is 14.1 Å². The molecule has 0 spiro atoms. The summed E-state index contributed by atoms with van der Waals surface area (Å²) >= 11 is 0. The molecule has 0 saturated heterocycles. The van der Waals surface area contributed by atoms with E-state index in [9.17, 15) is 44.3 Å². The largest absolute Gasteiger partial charge is 0.438 e. The van der Waals surface area contributed by atoms with Crippen molar-refractivity contribution in [1.82, 2.24) is 0 Å². The summed E-state index contributed by atoms with van der Waals surface area (Å²) in [4.78, 5) is 23.7. The van der Waals surface area contributed by atoms with Gasteiger partial charge in [-0.25, -0.2) is 0 Å². The highest BCUT2D eigenvalue weighted by atomic mass is 32.2. The van der Waals surface area contributed by atoms with E-state index in [0.29, 0.717) is 17.3 Å². The van der Waals surface area contributed by atoms with Gasteiger partial charge in [0.2, 0.25) is 0 Å². The molecule has 1 N–H and O–H groups in total. The monoisotopic (exact) mass is 488 g/mol. The van der Waals surface area contributed by atoms with E-state index in [1.165, 1.54) is 0 Å². The Hall–Kier alpha value is -2.16. The maximum absolute atomic E-state index is 13.1. The summed E-state index contributed by atoms with van der Waals surface area (Å²) in [6.45, 7) is 0. The predicted molar refractivity (Wildman–Crippen MR) is 107 cm³/mol. The molecule has 0 fully saturated rings. The van der Waals surface area contributed by atoms with E-state index in [1.54, 1.807) is 35.7 Å². The van der Waals surface area contributed by atoms with E-state index in [-0.39, 0.29) is 5.75 Å². The van der Waals surface area contributed by atoms with Gasteiger partial charge in [-0.15, -0.1) is 0 Å². The molecule has 7 nitrogen and oxygen atoms in total. The Morgan fingerprint density at radius 2 is 1.47 bits per heavy atom. The third kappa shape index (κ3) is 6.92. The van der Waals surface area contributed by atoms with Crippen LogP contribution in [0.2, 0.25) is 0 Å². The minimum Gasteiger partial charge on any atom is -0.438 e. The van der Waals surface area contributed by atoms with Gasteiger partial charge in [0.05, 0.1) is 12.8 Å². The zero-order valence-corrected chi connectivity index (χ0v) is 17.9. The van der Waals surface area contributed by atoms with Crippen LogP contribution in [0.3, 0.4) is 0 Å². The van der Waals surface area contributed by atoms with Crippen LogP contribution in [0.1, 0.15) is 18.4 Å². The standard InChI is InChI=1S/C15H17B3F6O7S/c16-5-7-3-8(17)4-9(18)12(7)30-10(25)1-2-11(26)31-13(14(19,20)21,15(22,23)24)6-32(27,28)29/h3-4H,1-2,5-6,16-18H2,(H,27,28,29). The highest BCUT2D eigenvalue weighted by molar-refractivity contribution is 7.85. The lowest BCUT2D eigenvalue weighted by molar-refractivity contribution is -0.361. The first-order valence-corrected chi connectivity index (χ1v) is 10.5. The summed E-state index contributed by atoms with van der Waals surface area (Å²) in [6.07, 6.45) is -14.7. The third-order valence-corrected chi connectivity index (χ3v) is 4.99. The number of hydrogen-bond donors (Lipinski definition) is 1. The number of rotatable bonds is 8. The molecule has 176 valence electrons. The number of halogens is 6. The van der Waals surface area contributed by atoms with Crippen molar-refractivity contribution >= 4 is 56.5 Å². The van der Waals surface area contributed by atoms with Crippen LogP contribution in [-0.4, -0.2) is 72.2 Å². The number of hydrogen-bond acceptors (Lipinski definition) is 6. The molecule has 0 aliphatic carbocycles. The van der Waals surface area contributed by atoms with Crippen molar-refractivity contribution in [3.63, 3.8) is 0 Å². The van der Waals surface area contributed by atoms with Crippen LogP contribution in [-0.2, 0) is 30.8 Å². The van der Waals surface area contributed by atoms with Crippen molar-refractivity contribution in [3.8, 4) is 5.75 Å². The number of ether oxygens (including phenoxy) is 2. The quantitative estimate of drug-likeness (QED) is 0.153. The number of esters is 2. The molecule has 0 bridgehead atoms. The van der Waals surface area contributed by atoms with Crippen molar-refractivity contribution in [2.45, 2.75) is 37.1 Å². The Labute approximate surface area is 181 Å². The Bertz CT molecular complexity index is 965. The number of benzene rings is 1. The molecule has 0 radical (unpaired) electrons. The molecule has 0 aliphatic rings. The van der Waals surface area contributed by atoms with Gasteiger partial charge in [0.15, 0.2) is 0 Å². The number of carbonyl (C=O) groups excluding carboxylic acids is 2. The summed E-state index contributed by atoms with van der Waals surface area (Å²) in [7, 11) is -0.738. The van der Waals surface area contributed by atoms with E-state index in [2.05, 4.69) is 4.74 Å². The van der Waals surface area contributed by atoms with Crippen molar-refractivity contribution in [1.29, 1.82) is 0 Å². The molecular weight excluding hydrogens is 471 g/mol. The molecule has 0 unspecified atom stereocenters. The van der Waals surface area contributed by atoms with Gasteiger partial charge < -0.3 is 9.47 Å². The fourth-order valence-corrected chi connectivity index (χ4v) is 3.69. The first-order valence-electron chi connectivity index (χ1n) is 8.94. The molecular formula is C15H17B3F6O7S. The summed E-state index contributed by atoms with van der Waals surface area (Å²) < 4.78 is 118. The van der Waals surface area contributed by atoms with E-state index in [4.69, 9.17) is 9.29 Å². The lowest BCUT2D eigenvalue weighted by Gasteiger charge is -2.35. The lowest BCUT2D eigenvalue weighted by atomic mass is 9.81. The molecule has 0 heterocycles. The van der Waals surface area contributed by atoms with Gasteiger partial charge in [0.25, 0.3) is 10.1 Å². The first-order chi connectivity index (χ1) is 14.3. The Morgan fingerprint density at radius 1 is 0.969 bits per heavy atom. The fraction of sp³-hybridized carbons (Fsp3) is 0.467. The van der Waals surface area contributed by atoms with Crippen LogP contribution in [0, 0.1) is 0 Å². The molecule has 0 atom stereocenters. The fourth-order valence-electron chi connectivity index (χ4n) is 2.79. The maximum atomic E-state index is 13.1. The second-order valence-corrected chi connectivity index (χ2v) is 8.37. The van der Waals surface area contributed by atoms with Crippen LogP contribution in [0.15, 0.2) is 12.1 Å². The minimum atomic E-state index is -6.44. The molecule has 0 saturated carbocycles. The van der Waals surface area contributed by atoms with Gasteiger partial charge in [0, 0.05) is 0 Å². The van der Waals surface area contributed by atoms with Crippen LogP contribution in [0.4, 0.5) is 26.3 Å². The maximum Gasteiger partial charge on any atom is 0.438 e. The molecule has 0 aliphatic heterocycles. The number of carbonyl (C=O) groups is 2. The van der Waals surface area contributed by atoms with Crippen molar-refractivity contribution in [2.24, 2.45) is 0 Å². The van der Waals surface area contributed by atoms with E-state index >= 15 is 0 Å². The van der Waals surface area contributed by atoms with E-state index < -0.39 is 58.6 Å². The SMILES string of the molecule is BCc1cc(B)cc(B)c1OC(=O)CCC(=O)OC(CS(=O)(=O)O)(C(F)(F)F)C(F)(F)F. The summed E-state index contributed by atoms with van der Waals surface area (Å²) in [5, 5.41) is 0. The summed E-state index contributed by atoms with van der Waals surface area (Å²) in [5.74, 6) is -6.16. The van der Waals surface area contributed by atoms with Crippen LogP contribution in [0.25, 0.3) is 0 Å². The Kier molecular flexibility index (Phi) is 8.51. The van der Waals surface area contributed by atoms with E-state index in [0.717, 1.165) is 5.46 Å². The van der Waals surface area contributed by atoms with E-state index in [1.807, 2.05) is 0 Å². The minimum absolute atomic E-state index is 0.141. The van der Waals surface area contributed by atoms with Gasteiger partial charge in [-0.05, 0) is 11.0 Å². The molecule has 1 aromatic rings. The molecule has 0 aromatic heterocycles. The highest BCUT2D eigenvalue weighted by Gasteiger charge is 2.75. The zero-order chi connectivity index (χ0) is 25.1. The molecule has 32 heavy (non-hydrogen) atoms. The van der Waals surface area contributed by atoms with Crippen molar-refractivity contribution in [3.05, 3.63) is 17.7 Å². The molecule has 0 amide bonds. The topological polar surface area (TPSA) is 107 Å². The van der Waals surface area contributed by atoms with Gasteiger partial charge >= 0.3 is 29.9 Å². The zero-order valence-electron chi connectivity index (χ0n) is 17.1. The summed E-state index contributed by atoms with van der Waals surface area (Å²) in [6, 6.07) is 3.38. The predicted octanol–water partition coefficient (Wildman–Crippen LogP) is -1.68. The van der Waals surface area contributed by atoms with Crippen molar-refractivity contribution in [2.75, 3.05) is 5.75 Å². The van der Waals surface area contributed by atoms with Crippen LogP contribution >= 0.6 is 0 Å². The smallest absolute Gasteiger partial charge is 0.438 e. The third-order valence-electron chi connectivity index (χ3n) is 4.22. The number of alkyl halides is 6. The van der Waals surface area contributed by atoms with Crippen LogP contribution < -0.4 is 15.7 Å². The molecule has 17 heteroatoms. The first kappa shape index (κ1) is 27.9.